The summed E-state index contributed by atoms with van der Waals surface area (Å²) in [5.74, 6) is -1.11. The Morgan fingerprint density at radius 3 is 2.87 bits per heavy atom. The van der Waals surface area contributed by atoms with E-state index in [1.165, 1.54) is 4.90 Å². The lowest BCUT2D eigenvalue weighted by Crippen LogP contribution is -2.44. The third-order valence-corrected chi connectivity index (χ3v) is 3.31. The number of ether oxygens (including phenoxy) is 1. The molecule has 0 aromatic rings. The van der Waals surface area contributed by atoms with Crippen LogP contribution >= 0.6 is 0 Å². The second kappa shape index (κ2) is 3.40. The highest BCUT2D eigenvalue weighted by Gasteiger charge is 2.57. The van der Waals surface area contributed by atoms with Crippen molar-refractivity contribution in [3.8, 4) is 0 Å². The van der Waals surface area contributed by atoms with Gasteiger partial charge in [0, 0.05) is 5.92 Å². The molecule has 3 atom stereocenters. The molecule has 0 bridgehead atoms. The zero-order valence-electron chi connectivity index (χ0n) is 8.87. The quantitative estimate of drug-likeness (QED) is 0.700. The topological polar surface area (TPSA) is 29.5 Å². The van der Waals surface area contributed by atoms with Gasteiger partial charge in [0.15, 0.2) is 6.17 Å². The minimum absolute atomic E-state index is 0.0908. The highest BCUT2D eigenvalue weighted by Crippen LogP contribution is 2.41. The van der Waals surface area contributed by atoms with Crippen LogP contribution in [0.25, 0.3) is 0 Å². The van der Waals surface area contributed by atoms with Gasteiger partial charge in [0.2, 0.25) is 0 Å². The molecule has 1 amide bonds. The van der Waals surface area contributed by atoms with Gasteiger partial charge in [-0.05, 0) is 20.3 Å². The molecule has 0 aromatic heterocycles. The van der Waals surface area contributed by atoms with E-state index >= 15 is 0 Å². The fourth-order valence-electron chi connectivity index (χ4n) is 2.55. The lowest BCUT2D eigenvalue weighted by molar-refractivity contribution is -0.145. The SMILES string of the molecule is CC1(C)OCC2C(CCF)C(F)C(=O)N21. The Kier molecular flexibility index (Phi) is 2.45. The number of nitrogens with zero attached hydrogens (tertiary/aromatic N) is 1. The van der Waals surface area contributed by atoms with Crippen molar-refractivity contribution in [1.29, 1.82) is 0 Å². The van der Waals surface area contributed by atoms with Crippen LogP contribution in [0.5, 0.6) is 0 Å². The fourth-order valence-corrected chi connectivity index (χ4v) is 2.55. The third-order valence-electron chi connectivity index (χ3n) is 3.31. The number of alkyl halides is 2. The van der Waals surface area contributed by atoms with E-state index in [0.29, 0.717) is 6.61 Å². The van der Waals surface area contributed by atoms with E-state index in [2.05, 4.69) is 0 Å². The standard InChI is InChI=1S/C10H15F2NO2/c1-10(2)13-7(5-15-10)6(3-4-11)8(12)9(13)14/h6-8H,3-5H2,1-2H3. The molecule has 0 spiro atoms. The summed E-state index contributed by atoms with van der Waals surface area (Å²) in [7, 11) is 0. The summed E-state index contributed by atoms with van der Waals surface area (Å²) in [4.78, 5) is 13.1. The Bertz CT molecular complexity index is 283. The number of halogens is 2. The summed E-state index contributed by atoms with van der Waals surface area (Å²) in [5.41, 5.74) is -0.753. The average Bonchev–Trinajstić information content (AvgIpc) is 2.59. The van der Waals surface area contributed by atoms with Crippen LogP contribution in [0.4, 0.5) is 8.78 Å². The van der Waals surface area contributed by atoms with Gasteiger partial charge in [-0.15, -0.1) is 0 Å². The van der Waals surface area contributed by atoms with Crippen LogP contribution in [-0.4, -0.2) is 42.0 Å². The average molecular weight is 219 g/mol. The first-order valence-electron chi connectivity index (χ1n) is 5.16. The maximum atomic E-state index is 13.6. The molecule has 2 aliphatic heterocycles. The Labute approximate surface area is 87.4 Å². The molecule has 2 fully saturated rings. The van der Waals surface area contributed by atoms with E-state index in [0.717, 1.165) is 0 Å². The molecule has 0 radical (unpaired) electrons. The van der Waals surface area contributed by atoms with E-state index in [4.69, 9.17) is 4.74 Å². The molecular formula is C10H15F2NO2. The van der Waals surface area contributed by atoms with Gasteiger partial charge >= 0.3 is 0 Å². The zero-order valence-corrected chi connectivity index (χ0v) is 8.87. The first-order chi connectivity index (χ1) is 6.99. The van der Waals surface area contributed by atoms with Crippen molar-refractivity contribution in [3.63, 3.8) is 0 Å². The zero-order chi connectivity index (χ0) is 11.2. The first kappa shape index (κ1) is 10.8. The van der Waals surface area contributed by atoms with Crippen LogP contribution in [0.3, 0.4) is 0 Å². The monoisotopic (exact) mass is 219 g/mol. The fraction of sp³-hybridized carbons (Fsp3) is 0.900. The number of carbonyl (C=O) groups excluding carboxylic acids is 1. The number of hydrogen-bond donors (Lipinski definition) is 0. The molecule has 15 heavy (non-hydrogen) atoms. The third kappa shape index (κ3) is 1.44. The van der Waals surface area contributed by atoms with Gasteiger partial charge in [0.25, 0.3) is 5.91 Å². The normalized spacial score (nSPS) is 38.5. The predicted octanol–water partition coefficient (Wildman–Crippen LogP) is 1.28. The van der Waals surface area contributed by atoms with Crippen LogP contribution in [-0.2, 0) is 9.53 Å². The van der Waals surface area contributed by atoms with Crippen molar-refractivity contribution >= 4 is 5.91 Å². The van der Waals surface area contributed by atoms with Gasteiger partial charge in [-0.1, -0.05) is 0 Å². The highest BCUT2D eigenvalue weighted by atomic mass is 19.1. The molecule has 0 saturated carbocycles. The number of fused-ring (bicyclic) bond motifs is 1. The molecule has 3 nitrogen and oxygen atoms in total. The van der Waals surface area contributed by atoms with E-state index in [9.17, 15) is 13.6 Å². The Balaban J connectivity index is 2.24. The van der Waals surface area contributed by atoms with Gasteiger partial charge in [-0.3, -0.25) is 9.18 Å². The van der Waals surface area contributed by atoms with Gasteiger partial charge in [-0.2, -0.15) is 0 Å². The molecular weight excluding hydrogens is 204 g/mol. The van der Waals surface area contributed by atoms with Gasteiger partial charge < -0.3 is 9.64 Å². The van der Waals surface area contributed by atoms with Crippen LogP contribution in [0.15, 0.2) is 0 Å². The predicted molar refractivity (Wildman–Crippen MR) is 49.6 cm³/mol. The van der Waals surface area contributed by atoms with Crippen molar-refractivity contribution in [2.24, 2.45) is 5.92 Å². The highest BCUT2D eigenvalue weighted by molar-refractivity contribution is 5.85. The summed E-state index contributed by atoms with van der Waals surface area (Å²) in [6.07, 6.45) is -1.47. The maximum Gasteiger partial charge on any atom is 0.260 e. The van der Waals surface area contributed by atoms with Crippen molar-refractivity contribution in [2.45, 2.75) is 38.2 Å². The van der Waals surface area contributed by atoms with Crippen molar-refractivity contribution in [2.75, 3.05) is 13.3 Å². The number of rotatable bonds is 2. The van der Waals surface area contributed by atoms with Gasteiger partial charge in [0.05, 0.1) is 19.3 Å². The van der Waals surface area contributed by atoms with Crippen molar-refractivity contribution in [1.82, 2.24) is 4.90 Å². The van der Waals surface area contributed by atoms with E-state index in [1.807, 2.05) is 0 Å². The Morgan fingerprint density at radius 2 is 2.27 bits per heavy atom. The molecule has 5 heteroatoms. The second-order valence-electron chi connectivity index (χ2n) is 4.58. The summed E-state index contributed by atoms with van der Waals surface area (Å²) in [6.45, 7) is 3.18. The lowest BCUT2D eigenvalue weighted by atomic mass is 9.96. The molecule has 2 heterocycles. The second-order valence-corrected chi connectivity index (χ2v) is 4.58. The summed E-state index contributed by atoms with van der Waals surface area (Å²) < 4.78 is 31.3. The molecule has 2 aliphatic rings. The minimum Gasteiger partial charge on any atom is -0.354 e. The van der Waals surface area contributed by atoms with Crippen LogP contribution in [0.2, 0.25) is 0 Å². The maximum absolute atomic E-state index is 13.6. The van der Waals surface area contributed by atoms with Crippen LogP contribution in [0.1, 0.15) is 20.3 Å². The number of carbonyl (C=O) groups is 1. The summed E-state index contributed by atoms with van der Waals surface area (Å²) >= 11 is 0. The van der Waals surface area contributed by atoms with E-state index in [-0.39, 0.29) is 12.5 Å². The van der Waals surface area contributed by atoms with Gasteiger partial charge in [0.1, 0.15) is 5.72 Å². The summed E-state index contributed by atoms with van der Waals surface area (Å²) in [5, 5.41) is 0. The molecule has 86 valence electrons. The van der Waals surface area contributed by atoms with Crippen LogP contribution in [0, 0.1) is 5.92 Å². The smallest absolute Gasteiger partial charge is 0.260 e. The molecule has 0 N–H and O–H groups in total. The van der Waals surface area contributed by atoms with E-state index in [1.54, 1.807) is 13.8 Å². The largest absolute Gasteiger partial charge is 0.354 e. The molecule has 0 aliphatic carbocycles. The number of hydrogen-bond acceptors (Lipinski definition) is 2. The molecule has 0 aromatic carbocycles. The van der Waals surface area contributed by atoms with E-state index < -0.39 is 30.4 Å². The summed E-state index contributed by atoms with van der Waals surface area (Å²) in [6, 6.07) is -0.293. The Hall–Kier alpha value is -0.710. The lowest BCUT2D eigenvalue weighted by Gasteiger charge is -2.29. The Morgan fingerprint density at radius 1 is 1.60 bits per heavy atom. The first-order valence-corrected chi connectivity index (χ1v) is 5.16. The van der Waals surface area contributed by atoms with Gasteiger partial charge in [-0.25, -0.2) is 4.39 Å². The number of amides is 1. The van der Waals surface area contributed by atoms with Crippen molar-refractivity contribution in [3.05, 3.63) is 0 Å². The minimum atomic E-state index is -1.56. The van der Waals surface area contributed by atoms with Crippen LogP contribution < -0.4 is 0 Å². The molecule has 2 saturated heterocycles. The van der Waals surface area contributed by atoms with Crippen molar-refractivity contribution < 1.29 is 18.3 Å². The molecule has 2 rings (SSSR count). The molecule has 3 unspecified atom stereocenters.